The van der Waals surface area contributed by atoms with Crippen LogP contribution < -0.4 is 10.1 Å². The second kappa shape index (κ2) is 12.0. The quantitative estimate of drug-likeness (QED) is 0.155. The zero-order valence-electron chi connectivity index (χ0n) is 18.0. The first-order valence-electron chi connectivity index (χ1n) is 10.2. The number of ether oxygens (including phenoxy) is 2. The van der Waals surface area contributed by atoms with Gasteiger partial charge in [0.05, 0.1) is 21.4 Å². The minimum atomic E-state index is -0.694. The van der Waals surface area contributed by atoms with E-state index in [1.54, 1.807) is 18.2 Å². The molecule has 3 aromatic rings. The van der Waals surface area contributed by atoms with Gasteiger partial charge in [-0.3, -0.25) is 24.5 Å². The van der Waals surface area contributed by atoms with Gasteiger partial charge in [0.1, 0.15) is 11.5 Å². The predicted molar refractivity (Wildman–Crippen MR) is 129 cm³/mol. The van der Waals surface area contributed by atoms with Crippen molar-refractivity contribution >= 4 is 52.2 Å². The van der Waals surface area contributed by atoms with Gasteiger partial charge >= 0.3 is 5.97 Å². The van der Waals surface area contributed by atoms with Crippen LogP contribution in [0.3, 0.4) is 0 Å². The number of carbonyl (C=O) groups is 3. The van der Waals surface area contributed by atoms with E-state index in [-0.39, 0.29) is 23.6 Å². The third-order valence-corrected chi connectivity index (χ3v) is 5.32. The van der Waals surface area contributed by atoms with Gasteiger partial charge in [-0.2, -0.15) is 0 Å². The molecule has 0 saturated heterocycles. The maximum Gasteiger partial charge on any atom is 0.306 e. The van der Waals surface area contributed by atoms with Crippen molar-refractivity contribution in [1.29, 1.82) is 0 Å². The molecular weight excluding hydrogens is 499 g/mol. The van der Waals surface area contributed by atoms with Gasteiger partial charge in [0, 0.05) is 29.8 Å². The van der Waals surface area contributed by atoms with Crippen LogP contribution in [-0.2, 0) is 14.3 Å². The zero-order chi connectivity index (χ0) is 25.4. The molecule has 180 valence electrons. The number of hydrogen-bond acceptors (Lipinski definition) is 7. The van der Waals surface area contributed by atoms with Gasteiger partial charge in [0.25, 0.3) is 5.69 Å². The minimum Gasteiger partial charge on any atom is -0.457 e. The van der Waals surface area contributed by atoms with E-state index < -0.39 is 29.2 Å². The van der Waals surface area contributed by atoms with E-state index in [0.29, 0.717) is 27.8 Å². The summed E-state index contributed by atoms with van der Waals surface area (Å²) in [6.07, 6.45) is -0.343. The van der Waals surface area contributed by atoms with Crippen LogP contribution in [0.2, 0.25) is 10.0 Å². The second-order valence-corrected chi connectivity index (χ2v) is 7.95. The molecule has 11 heteroatoms. The van der Waals surface area contributed by atoms with Crippen LogP contribution in [0.15, 0.2) is 66.7 Å². The summed E-state index contributed by atoms with van der Waals surface area (Å²) in [7, 11) is 0. The van der Waals surface area contributed by atoms with Gasteiger partial charge < -0.3 is 14.8 Å². The Morgan fingerprint density at radius 2 is 1.49 bits per heavy atom. The fraction of sp³-hybridized carbons (Fsp3) is 0.125. The average molecular weight is 517 g/mol. The number of carbonyl (C=O) groups excluding carboxylic acids is 3. The van der Waals surface area contributed by atoms with Crippen molar-refractivity contribution in [2.24, 2.45) is 0 Å². The number of nitrogens with zero attached hydrogens (tertiary/aromatic N) is 1. The van der Waals surface area contributed by atoms with Crippen molar-refractivity contribution in [3.63, 3.8) is 0 Å². The van der Waals surface area contributed by atoms with Gasteiger partial charge in [-0.05, 0) is 54.6 Å². The summed E-state index contributed by atoms with van der Waals surface area (Å²) >= 11 is 11.7. The van der Waals surface area contributed by atoms with Gasteiger partial charge in [-0.1, -0.05) is 23.2 Å². The number of anilines is 1. The first-order chi connectivity index (χ1) is 16.7. The van der Waals surface area contributed by atoms with Crippen molar-refractivity contribution < 1.29 is 28.8 Å². The molecule has 0 radical (unpaired) electrons. The molecule has 0 bridgehead atoms. The number of nitro groups is 1. The lowest BCUT2D eigenvalue weighted by Gasteiger charge is -2.08. The second-order valence-electron chi connectivity index (χ2n) is 7.14. The lowest BCUT2D eigenvalue weighted by atomic mass is 10.1. The fourth-order valence-electron chi connectivity index (χ4n) is 2.80. The van der Waals surface area contributed by atoms with E-state index >= 15 is 0 Å². The molecule has 1 N–H and O–H groups in total. The zero-order valence-corrected chi connectivity index (χ0v) is 19.5. The summed E-state index contributed by atoms with van der Waals surface area (Å²) in [6.45, 7) is -0.476. The molecule has 0 spiro atoms. The highest BCUT2D eigenvalue weighted by Gasteiger charge is 2.13. The lowest BCUT2D eigenvalue weighted by molar-refractivity contribution is -0.384. The summed E-state index contributed by atoms with van der Waals surface area (Å²) in [5.41, 5.74) is 0.681. The first kappa shape index (κ1) is 25.7. The van der Waals surface area contributed by atoms with E-state index in [9.17, 15) is 24.5 Å². The Morgan fingerprint density at radius 1 is 0.857 bits per heavy atom. The van der Waals surface area contributed by atoms with Crippen LogP contribution in [-0.4, -0.2) is 29.2 Å². The molecule has 0 aromatic heterocycles. The Labute approximate surface area is 209 Å². The van der Waals surface area contributed by atoms with Crippen molar-refractivity contribution in [2.45, 2.75) is 12.8 Å². The molecule has 0 unspecified atom stereocenters. The number of hydrogen-bond donors (Lipinski definition) is 1. The molecular formula is C24H18Cl2N2O7. The molecule has 9 nitrogen and oxygen atoms in total. The Balaban J connectivity index is 1.42. The standard InChI is InChI=1S/C24H18Cl2N2O7/c25-20-10-3-16(13-21(20)26)27-23(30)11-12-24(31)34-14-22(29)15-1-6-18(7-2-15)35-19-8-4-17(5-9-19)28(32)33/h1-10,13H,11-12,14H2,(H,27,30). The largest absolute Gasteiger partial charge is 0.457 e. The maximum absolute atomic E-state index is 12.3. The molecule has 0 fully saturated rings. The summed E-state index contributed by atoms with van der Waals surface area (Å²) < 4.78 is 10.5. The number of benzene rings is 3. The summed E-state index contributed by atoms with van der Waals surface area (Å²) in [4.78, 5) is 46.3. The van der Waals surface area contributed by atoms with Crippen molar-refractivity contribution in [3.05, 3.63) is 92.5 Å². The average Bonchev–Trinajstić information content (AvgIpc) is 2.84. The number of non-ortho nitro benzene ring substituents is 1. The Kier molecular flexibility index (Phi) is 8.77. The molecule has 35 heavy (non-hydrogen) atoms. The number of ketones is 1. The number of esters is 1. The van der Waals surface area contributed by atoms with Gasteiger partial charge in [0.15, 0.2) is 12.4 Å². The number of amides is 1. The molecule has 1 amide bonds. The smallest absolute Gasteiger partial charge is 0.306 e. The molecule has 0 aliphatic carbocycles. The van der Waals surface area contributed by atoms with Crippen LogP contribution >= 0.6 is 23.2 Å². The van der Waals surface area contributed by atoms with E-state index in [2.05, 4.69) is 5.32 Å². The summed E-state index contributed by atoms with van der Waals surface area (Å²) in [5, 5.41) is 13.9. The predicted octanol–water partition coefficient (Wildman–Crippen LogP) is 5.84. The fourth-order valence-corrected chi connectivity index (χ4v) is 3.09. The highest BCUT2D eigenvalue weighted by Crippen LogP contribution is 2.25. The van der Waals surface area contributed by atoms with Crippen molar-refractivity contribution in [3.8, 4) is 11.5 Å². The maximum atomic E-state index is 12.3. The number of nitrogens with one attached hydrogen (secondary N) is 1. The molecule has 0 saturated carbocycles. The van der Waals surface area contributed by atoms with Crippen LogP contribution in [0.4, 0.5) is 11.4 Å². The molecule has 3 rings (SSSR count). The summed E-state index contributed by atoms with van der Waals surface area (Å²) in [5.74, 6) is -0.733. The number of nitro benzene ring substituents is 1. The Morgan fingerprint density at radius 3 is 2.09 bits per heavy atom. The van der Waals surface area contributed by atoms with Crippen molar-refractivity contribution in [1.82, 2.24) is 0 Å². The van der Waals surface area contributed by atoms with E-state index in [4.69, 9.17) is 32.7 Å². The van der Waals surface area contributed by atoms with Crippen LogP contribution in [0.25, 0.3) is 0 Å². The third-order valence-electron chi connectivity index (χ3n) is 4.58. The third kappa shape index (κ3) is 7.80. The number of rotatable bonds is 10. The molecule has 0 heterocycles. The van der Waals surface area contributed by atoms with E-state index in [0.717, 1.165) is 0 Å². The number of halogens is 2. The Hall–Kier alpha value is -3.95. The van der Waals surface area contributed by atoms with E-state index in [1.165, 1.54) is 48.5 Å². The van der Waals surface area contributed by atoms with Crippen LogP contribution in [0.5, 0.6) is 11.5 Å². The Bertz CT molecular complexity index is 1250. The molecule has 3 aromatic carbocycles. The molecule has 0 aliphatic rings. The number of Topliss-reactive ketones (excluding diaryl/α,β-unsaturated/α-hetero) is 1. The van der Waals surface area contributed by atoms with Crippen LogP contribution in [0, 0.1) is 10.1 Å². The SMILES string of the molecule is O=C(CCC(=O)OCC(=O)c1ccc(Oc2ccc([N+](=O)[O-])cc2)cc1)Nc1ccc(Cl)c(Cl)c1. The lowest BCUT2D eigenvalue weighted by Crippen LogP contribution is -2.17. The van der Waals surface area contributed by atoms with Gasteiger partial charge in [0.2, 0.25) is 5.91 Å². The molecule has 0 atom stereocenters. The minimum absolute atomic E-state index is 0.0556. The topological polar surface area (TPSA) is 125 Å². The van der Waals surface area contributed by atoms with E-state index in [1.807, 2.05) is 0 Å². The summed E-state index contributed by atoms with van der Waals surface area (Å²) in [6, 6.07) is 16.2. The highest BCUT2D eigenvalue weighted by atomic mass is 35.5. The highest BCUT2D eigenvalue weighted by molar-refractivity contribution is 6.42. The monoisotopic (exact) mass is 516 g/mol. The normalized spacial score (nSPS) is 10.3. The first-order valence-corrected chi connectivity index (χ1v) is 10.9. The van der Waals surface area contributed by atoms with Crippen molar-refractivity contribution in [2.75, 3.05) is 11.9 Å². The molecule has 0 aliphatic heterocycles. The van der Waals surface area contributed by atoms with Crippen LogP contribution in [0.1, 0.15) is 23.2 Å². The van der Waals surface area contributed by atoms with Gasteiger partial charge in [-0.25, -0.2) is 0 Å². The van der Waals surface area contributed by atoms with Gasteiger partial charge in [-0.15, -0.1) is 0 Å².